The predicted octanol–water partition coefficient (Wildman–Crippen LogP) is 4.48. The Morgan fingerprint density at radius 2 is 1.87 bits per heavy atom. The summed E-state index contributed by atoms with van der Waals surface area (Å²) in [5.74, 6) is 0.273. The van der Waals surface area contributed by atoms with Crippen LogP contribution in [-0.2, 0) is 16.1 Å². The van der Waals surface area contributed by atoms with Crippen LogP contribution < -0.4 is 15.0 Å². The molecule has 9 nitrogen and oxygen atoms in total. The second-order valence-electron chi connectivity index (χ2n) is 9.93. The molecule has 0 aliphatic carbocycles. The molecule has 2 aliphatic rings. The molecular weight excluding hydrogens is 516 g/mol. The average Bonchev–Trinajstić information content (AvgIpc) is 3.48. The van der Waals surface area contributed by atoms with Crippen molar-refractivity contribution in [2.45, 2.75) is 50.8 Å². The van der Waals surface area contributed by atoms with Crippen molar-refractivity contribution in [2.75, 3.05) is 29.9 Å². The van der Waals surface area contributed by atoms with Crippen molar-refractivity contribution in [2.24, 2.45) is 0 Å². The molecule has 0 unspecified atom stereocenters. The number of carbonyl (C=O) groups is 2. The number of imidazole rings is 1. The topological polar surface area (TPSA) is 103 Å². The number of rotatable bonds is 7. The SMILES string of the molecule is N#Cc1ccc(N2CCC(Oc3ccc(NC(=O)[C@H]4CCCCN4C(=O)Cn4ccnc4)cc3Cl)CC2)cc1. The van der Waals surface area contributed by atoms with Gasteiger partial charge in [-0.1, -0.05) is 11.6 Å². The van der Waals surface area contributed by atoms with Crippen molar-refractivity contribution in [3.05, 3.63) is 71.8 Å². The molecule has 2 aromatic carbocycles. The maximum atomic E-state index is 13.2. The standard InChI is InChI=1S/C29H31ClN6O3/c30-25-17-22(33-29(38)26-3-1-2-13-36(26)28(37)19-34-16-12-32-20-34)6-9-27(25)39-24-10-14-35(15-11-24)23-7-4-21(18-31)5-8-23/h4-9,12,16-17,20,24,26H,1-3,10-11,13-15,19H2,(H,33,38)/t26-/m1/s1. The lowest BCUT2D eigenvalue weighted by Gasteiger charge is -2.35. The average molecular weight is 547 g/mol. The number of anilines is 2. The first-order chi connectivity index (χ1) is 19.0. The molecule has 5 rings (SSSR count). The maximum Gasteiger partial charge on any atom is 0.247 e. The molecule has 0 spiro atoms. The number of hydrogen-bond acceptors (Lipinski definition) is 6. The van der Waals surface area contributed by atoms with Gasteiger partial charge in [0.1, 0.15) is 24.4 Å². The Morgan fingerprint density at radius 3 is 2.56 bits per heavy atom. The highest BCUT2D eigenvalue weighted by molar-refractivity contribution is 6.32. The summed E-state index contributed by atoms with van der Waals surface area (Å²) >= 11 is 6.54. The number of benzene rings is 2. The fraction of sp³-hybridized carbons (Fsp3) is 0.379. The molecule has 0 bridgehead atoms. The number of piperidine rings is 2. The van der Waals surface area contributed by atoms with E-state index >= 15 is 0 Å². The second-order valence-corrected chi connectivity index (χ2v) is 10.3. The summed E-state index contributed by atoms with van der Waals surface area (Å²) < 4.78 is 7.92. The Morgan fingerprint density at radius 1 is 1.08 bits per heavy atom. The third kappa shape index (κ3) is 6.52. The maximum absolute atomic E-state index is 13.2. The van der Waals surface area contributed by atoms with Gasteiger partial charge in [-0.3, -0.25) is 9.59 Å². The second kappa shape index (κ2) is 12.2. The van der Waals surface area contributed by atoms with E-state index in [4.69, 9.17) is 21.6 Å². The van der Waals surface area contributed by atoms with Gasteiger partial charge < -0.3 is 24.4 Å². The summed E-state index contributed by atoms with van der Waals surface area (Å²) in [5.41, 5.74) is 2.33. The van der Waals surface area contributed by atoms with Crippen LogP contribution in [0.5, 0.6) is 5.75 Å². The number of ether oxygens (including phenoxy) is 1. The van der Waals surface area contributed by atoms with Gasteiger partial charge in [0.25, 0.3) is 0 Å². The van der Waals surface area contributed by atoms with Crippen molar-refractivity contribution in [1.29, 1.82) is 5.26 Å². The van der Waals surface area contributed by atoms with Crippen LogP contribution in [0.25, 0.3) is 0 Å². The molecule has 0 saturated carbocycles. The molecule has 2 fully saturated rings. The molecule has 10 heteroatoms. The number of amides is 2. The molecule has 1 aromatic heterocycles. The normalized spacial score (nSPS) is 17.9. The summed E-state index contributed by atoms with van der Waals surface area (Å²) in [6, 6.07) is 14.5. The van der Waals surface area contributed by atoms with Crippen LogP contribution in [0, 0.1) is 11.3 Å². The van der Waals surface area contributed by atoms with Crippen molar-refractivity contribution in [3.63, 3.8) is 0 Å². The fourth-order valence-electron chi connectivity index (χ4n) is 5.19. The Balaban J connectivity index is 1.15. The number of halogens is 1. The zero-order chi connectivity index (χ0) is 27.2. The van der Waals surface area contributed by atoms with Gasteiger partial charge >= 0.3 is 0 Å². The van der Waals surface area contributed by atoms with E-state index in [0.29, 0.717) is 35.0 Å². The first-order valence-electron chi connectivity index (χ1n) is 13.3. The molecule has 2 aliphatic heterocycles. The largest absolute Gasteiger partial charge is 0.489 e. The molecule has 1 N–H and O–H groups in total. The molecule has 3 heterocycles. The zero-order valence-corrected chi connectivity index (χ0v) is 22.4. The number of hydrogen-bond donors (Lipinski definition) is 1. The molecule has 39 heavy (non-hydrogen) atoms. The Kier molecular flexibility index (Phi) is 8.33. The van der Waals surface area contributed by atoms with E-state index in [0.717, 1.165) is 44.5 Å². The van der Waals surface area contributed by atoms with E-state index in [-0.39, 0.29) is 24.5 Å². The van der Waals surface area contributed by atoms with Gasteiger partial charge in [0, 0.05) is 56.2 Å². The van der Waals surface area contributed by atoms with Crippen LogP contribution in [-0.4, -0.2) is 58.0 Å². The molecule has 2 amide bonds. The minimum absolute atomic E-state index is 0.0369. The molecule has 2 saturated heterocycles. The van der Waals surface area contributed by atoms with Gasteiger partial charge in [0.15, 0.2) is 0 Å². The zero-order valence-electron chi connectivity index (χ0n) is 21.6. The van der Waals surface area contributed by atoms with Crippen LogP contribution >= 0.6 is 11.6 Å². The molecule has 1 atom stereocenters. The van der Waals surface area contributed by atoms with Gasteiger partial charge in [0.2, 0.25) is 11.8 Å². The van der Waals surface area contributed by atoms with Crippen molar-refractivity contribution >= 4 is 34.8 Å². The predicted molar refractivity (Wildman–Crippen MR) is 149 cm³/mol. The summed E-state index contributed by atoms with van der Waals surface area (Å²) in [6.07, 6.45) is 9.09. The smallest absolute Gasteiger partial charge is 0.247 e. The summed E-state index contributed by atoms with van der Waals surface area (Å²) in [4.78, 5) is 34.0. The molecule has 202 valence electrons. The number of nitrogens with one attached hydrogen (secondary N) is 1. The Labute approximate surface area is 232 Å². The lowest BCUT2D eigenvalue weighted by molar-refractivity contribution is -0.140. The first-order valence-corrected chi connectivity index (χ1v) is 13.7. The summed E-state index contributed by atoms with van der Waals surface area (Å²) in [6.45, 7) is 2.41. The van der Waals surface area contributed by atoms with E-state index in [1.807, 2.05) is 24.3 Å². The number of nitriles is 1. The lowest BCUT2D eigenvalue weighted by Crippen LogP contribution is -2.50. The van der Waals surface area contributed by atoms with Crippen molar-refractivity contribution < 1.29 is 14.3 Å². The minimum Gasteiger partial charge on any atom is -0.489 e. The number of likely N-dealkylation sites (tertiary alicyclic amines) is 1. The van der Waals surface area contributed by atoms with Crippen LogP contribution in [0.4, 0.5) is 11.4 Å². The van der Waals surface area contributed by atoms with Crippen LogP contribution in [0.1, 0.15) is 37.7 Å². The fourth-order valence-corrected chi connectivity index (χ4v) is 5.41. The highest BCUT2D eigenvalue weighted by Gasteiger charge is 2.32. The lowest BCUT2D eigenvalue weighted by atomic mass is 10.0. The van der Waals surface area contributed by atoms with Crippen LogP contribution in [0.3, 0.4) is 0 Å². The van der Waals surface area contributed by atoms with Crippen molar-refractivity contribution in [1.82, 2.24) is 14.5 Å². The monoisotopic (exact) mass is 546 g/mol. The van der Waals surface area contributed by atoms with E-state index in [1.165, 1.54) is 0 Å². The highest BCUT2D eigenvalue weighted by atomic mass is 35.5. The Hall–Kier alpha value is -4.03. The highest BCUT2D eigenvalue weighted by Crippen LogP contribution is 2.31. The van der Waals surface area contributed by atoms with Gasteiger partial charge in [-0.15, -0.1) is 0 Å². The van der Waals surface area contributed by atoms with Gasteiger partial charge in [-0.05, 0) is 61.7 Å². The number of aromatic nitrogens is 2. The third-order valence-corrected chi connectivity index (χ3v) is 7.59. The minimum atomic E-state index is -0.522. The van der Waals surface area contributed by atoms with Gasteiger partial charge in [-0.2, -0.15) is 5.26 Å². The first kappa shape index (κ1) is 26.6. The number of nitrogens with zero attached hydrogens (tertiary/aromatic N) is 5. The molecule has 3 aromatic rings. The van der Waals surface area contributed by atoms with E-state index in [2.05, 4.69) is 21.3 Å². The van der Waals surface area contributed by atoms with Crippen molar-refractivity contribution in [3.8, 4) is 11.8 Å². The molecule has 0 radical (unpaired) electrons. The van der Waals surface area contributed by atoms with Crippen LogP contribution in [0.15, 0.2) is 61.2 Å². The Bertz CT molecular complexity index is 1330. The van der Waals surface area contributed by atoms with Crippen LogP contribution in [0.2, 0.25) is 5.02 Å². The quantitative estimate of drug-likeness (QED) is 0.469. The van der Waals surface area contributed by atoms with E-state index in [1.54, 1.807) is 46.4 Å². The number of carbonyl (C=O) groups excluding carboxylic acids is 2. The summed E-state index contributed by atoms with van der Waals surface area (Å²) in [5, 5.41) is 12.4. The third-order valence-electron chi connectivity index (χ3n) is 7.30. The van der Waals surface area contributed by atoms with Gasteiger partial charge in [-0.25, -0.2) is 4.98 Å². The van der Waals surface area contributed by atoms with E-state index in [9.17, 15) is 9.59 Å². The van der Waals surface area contributed by atoms with Gasteiger partial charge in [0.05, 0.1) is 23.0 Å². The molecular formula is C29H31ClN6O3. The van der Waals surface area contributed by atoms with E-state index < -0.39 is 6.04 Å². The summed E-state index contributed by atoms with van der Waals surface area (Å²) in [7, 11) is 0.